The quantitative estimate of drug-likeness (QED) is 0.686. The van der Waals surface area contributed by atoms with Crippen LogP contribution in [0.15, 0.2) is 0 Å². The zero-order valence-corrected chi connectivity index (χ0v) is 11.5. The Labute approximate surface area is 109 Å². The minimum absolute atomic E-state index is 0.0129. The third-order valence-electron chi connectivity index (χ3n) is 3.41. The largest absolute Gasteiger partial charge is 0.469 e. The molecule has 5 heteroatoms. The van der Waals surface area contributed by atoms with E-state index < -0.39 is 5.41 Å². The highest BCUT2D eigenvalue weighted by atomic mass is 16.5. The number of carbonyl (C=O) groups is 2. The van der Waals surface area contributed by atoms with Gasteiger partial charge in [0.1, 0.15) is 0 Å². The van der Waals surface area contributed by atoms with Crippen LogP contribution in [0.25, 0.3) is 0 Å². The van der Waals surface area contributed by atoms with E-state index in [4.69, 9.17) is 4.74 Å². The fraction of sp³-hybridized carbons (Fsp3) is 0.846. The Balaban J connectivity index is 2.21. The van der Waals surface area contributed by atoms with Gasteiger partial charge in [0.15, 0.2) is 0 Å². The molecule has 0 aromatic rings. The van der Waals surface area contributed by atoms with E-state index in [1.807, 2.05) is 0 Å². The van der Waals surface area contributed by atoms with Gasteiger partial charge in [-0.25, -0.2) is 0 Å². The van der Waals surface area contributed by atoms with Crippen LogP contribution in [0.2, 0.25) is 0 Å². The third kappa shape index (κ3) is 4.64. The first-order valence-electron chi connectivity index (χ1n) is 6.51. The highest BCUT2D eigenvalue weighted by molar-refractivity contribution is 5.79. The van der Waals surface area contributed by atoms with Gasteiger partial charge in [0, 0.05) is 13.0 Å². The van der Waals surface area contributed by atoms with Crippen LogP contribution in [-0.2, 0) is 14.3 Å². The molecule has 0 spiro atoms. The number of ether oxygens (including phenoxy) is 1. The van der Waals surface area contributed by atoms with Gasteiger partial charge in [-0.05, 0) is 45.7 Å². The normalized spacial score (nSPS) is 19.6. The summed E-state index contributed by atoms with van der Waals surface area (Å²) in [4.78, 5) is 23.1. The van der Waals surface area contributed by atoms with Crippen LogP contribution in [-0.4, -0.2) is 38.6 Å². The minimum atomic E-state index is -0.667. The predicted molar refractivity (Wildman–Crippen MR) is 69.0 cm³/mol. The predicted octanol–water partition coefficient (Wildman–Crippen LogP) is 0.691. The molecule has 1 amide bonds. The maximum absolute atomic E-state index is 11.7. The number of nitrogens with one attached hydrogen (secondary N) is 2. The Morgan fingerprint density at radius 2 is 2.17 bits per heavy atom. The lowest BCUT2D eigenvalue weighted by Crippen LogP contribution is -2.39. The number of hydrogen-bond donors (Lipinski definition) is 2. The Kier molecular flexibility index (Phi) is 5.59. The second-order valence-corrected chi connectivity index (χ2v) is 5.55. The van der Waals surface area contributed by atoms with Crippen LogP contribution in [0.4, 0.5) is 0 Å². The van der Waals surface area contributed by atoms with Crippen molar-refractivity contribution in [3.63, 3.8) is 0 Å². The third-order valence-corrected chi connectivity index (χ3v) is 3.41. The van der Waals surface area contributed by atoms with E-state index in [0.29, 0.717) is 18.9 Å². The SMILES string of the molecule is COC(=O)C(C)(C)CNC(=O)CCC1CCNC1. The number of amides is 1. The van der Waals surface area contributed by atoms with Crippen molar-refractivity contribution in [2.45, 2.75) is 33.1 Å². The number of methoxy groups -OCH3 is 1. The van der Waals surface area contributed by atoms with Crippen molar-refractivity contribution in [3.8, 4) is 0 Å². The summed E-state index contributed by atoms with van der Waals surface area (Å²) in [6, 6.07) is 0. The Bertz CT molecular complexity index is 297. The Morgan fingerprint density at radius 3 is 2.72 bits per heavy atom. The van der Waals surface area contributed by atoms with Crippen LogP contribution in [0.5, 0.6) is 0 Å². The second kappa shape index (κ2) is 6.73. The molecule has 0 radical (unpaired) electrons. The number of esters is 1. The van der Waals surface area contributed by atoms with Gasteiger partial charge in [-0.1, -0.05) is 0 Å². The summed E-state index contributed by atoms with van der Waals surface area (Å²) in [5.74, 6) is 0.325. The molecule has 0 bridgehead atoms. The highest BCUT2D eigenvalue weighted by Gasteiger charge is 2.29. The molecule has 18 heavy (non-hydrogen) atoms. The average molecular weight is 256 g/mol. The Morgan fingerprint density at radius 1 is 1.44 bits per heavy atom. The van der Waals surface area contributed by atoms with Crippen molar-refractivity contribution in [1.82, 2.24) is 10.6 Å². The average Bonchev–Trinajstić information content (AvgIpc) is 2.86. The van der Waals surface area contributed by atoms with Crippen molar-refractivity contribution in [1.29, 1.82) is 0 Å². The zero-order chi connectivity index (χ0) is 13.6. The molecule has 104 valence electrons. The van der Waals surface area contributed by atoms with Crippen LogP contribution >= 0.6 is 0 Å². The summed E-state index contributed by atoms with van der Waals surface area (Å²) < 4.78 is 4.69. The topological polar surface area (TPSA) is 67.4 Å². The number of rotatable bonds is 6. The van der Waals surface area contributed by atoms with Crippen molar-refractivity contribution in [2.24, 2.45) is 11.3 Å². The smallest absolute Gasteiger partial charge is 0.313 e. The fourth-order valence-electron chi connectivity index (χ4n) is 2.05. The van der Waals surface area contributed by atoms with Gasteiger partial charge in [-0.2, -0.15) is 0 Å². The molecule has 0 aliphatic carbocycles. The second-order valence-electron chi connectivity index (χ2n) is 5.55. The monoisotopic (exact) mass is 256 g/mol. The summed E-state index contributed by atoms with van der Waals surface area (Å²) in [5.41, 5.74) is -0.667. The van der Waals surface area contributed by atoms with Crippen LogP contribution in [0.1, 0.15) is 33.1 Å². The van der Waals surface area contributed by atoms with Crippen molar-refractivity contribution >= 4 is 11.9 Å². The molecule has 1 heterocycles. The van der Waals surface area contributed by atoms with Gasteiger partial charge < -0.3 is 15.4 Å². The lowest BCUT2D eigenvalue weighted by Gasteiger charge is -2.21. The standard InChI is InChI=1S/C13H24N2O3/c1-13(2,12(17)18-3)9-15-11(16)5-4-10-6-7-14-8-10/h10,14H,4-9H2,1-3H3,(H,15,16). The molecule has 2 N–H and O–H groups in total. The summed E-state index contributed by atoms with van der Waals surface area (Å²) in [6.45, 7) is 5.92. The Hall–Kier alpha value is -1.10. The van der Waals surface area contributed by atoms with Crippen molar-refractivity contribution in [3.05, 3.63) is 0 Å². The molecular formula is C13H24N2O3. The minimum Gasteiger partial charge on any atom is -0.469 e. The first-order chi connectivity index (χ1) is 8.45. The first-order valence-corrected chi connectivity index (χ1v) is 6.51. The lowest BCUT2D eigenvalue weighted by molar-refractivity contribution is -0.150. The molecule has 1 aliphatic heterocycles. The van der Waals surface area contributed by atoms with E-state index >= 15 is 0 Å². The molecule has 1 aliphatic rings. The van der Waals surface area contributed by atoms with E-state index in [0.717, 1.165) is 25.9 Å². The molecule has 1 saturated heterocycles. The van der Waals surface area contributed by atoms with E-state index in [9.17, 15) is 9.59 Å². The van der Waals surface area contributed by atoms with E-state index in [2.05, 4.69) is 10.6 Å². The molecule has 0 saturated carbocycles. The molecule has 5 nitrogen and oxygen atoms in total. The maximum Gasteiger partial charge on any atom is 0.313 e. The molecule has 1 atom stereocenters. The molecular weight excluding hydrogens is 232 g/mol. The summed E-state index contributed by atoms with van der Waals surface area (Å²) in [7, 11) is 1.36. The van der Waals surface area contributed by atoms with Gasteiger partial charge in [0.2, 0.25) is 5.91 Å². The first kappa shape index (κ1) is 15.0. The van der Waals surface area contributed by atoms with Crippen molar-refractivity contribution in [2.75, 3.05) is 26.7 Å². The van der Waals surface area contributed by atoms with Crippen LogP contribution in [0, 0.1) is 11.3 Å². The van der Waals surface area contributed by atoms with Gasteiger partial charge >= 0.3 is 5.97 Å². The number of carbonyl (C=O) groups excluding carboxylic acids is 2. The summed E-state index contributed by atoms with van der Waals surface area (Å²) >= 11 is 0. The van der Waals surface area contributed by atoms with E-state index in [1.165, 1.54) is 7.11 Å². The molecule has 0 aromatic heterocycles. The lowest BCUT2D eigenvalue weighted by atomic mass is 9.93. The molecule has 1 unspecified atom stereocenters. The maximum atomic E-state index is 11.7. The molecule has 1 rings (SSSR count). The van der Waals surface area contributed by atoms with Gasteiger partial charge in [0.25, 0.3) is 0 Å². The highest BCUT2D eigenvalue weighted by Crippen LogP contribution is 2.16. The van der Waals surface area contributed by atoms with Gasteiger partial charge in [0.05, 0.1) is 12.5 Å². The van der Waals surface area contributed by atoms with Crippen molar-refractivity contribution < 1.29 is 14.3 Å². The van der Waals surface area contributed by atoms with Crippen LogP contribution < -0.4 is 10.6 Å². The fourth-order valence-corrected chi connectivity index (χ4v) is 2.05. The van der Waals surface area contributed by atoms with E-state index in [-0.39, 0.29) is 11.9 Å². The zero-order valence-electron chi connectivity index (χ0n) is 11.5. The van der Waals surface area contributed by atoms with E-state index in [1.54, 1.807) is 13.8 Å². The molecule has 0 aromatic carbocycles. The summed E-state index contributed by atoms with van der Waals surface area (Å²) in [6.07, 6.45) is 2.60. The number of hydrogen-bond acceptors (Lipinski definition) is 4. The van der Waals surface area contributed by atoms with Gasteiger partial charge in [-0.3, -0.25) is 9.59 Å². The van der Waals surface area contributed by atoms with Gasteiger partial charge in [-0.15, -0.1) is 0 Å². The molecule has 1 fully saturated rings. The van der Waals surface area contributed by atoms with Crippen LogP contribution in [0.3, 0.4) is 0 Å². The summed E-state index contributed by atoms with van der Waals surface area (Å²) in [5, 5.41) is 6.08.